The highest BCUT2D eigenvalue weighted by molar-refractivity contribution is 6.04. The van der Waals surface area contributed by atoms with E-state index in [1.54, 1.807) is 37.3 Å². The van der Waals surface area contributed by atoms with Crippen LogP contribution in [0.25, 0.3) is 0 Å². The number of esters is 1. The second-order valence-corrected chi connectivity index (χ2v) is 8.04. The highest BCUT2D eigenvalue weighted by atomic mass is 19.1. The van der Waals surface area contributed by atoms with Crippen molar-refractivity contribution in [2.75, 3.05) is 12.3 Å². The van der Waals surface area contributed by atoms with Crippen LogP contribution >= 0.6 is 0 Å². The number of carbonyl (C=O) groups excluding carboxylic acids is 2. The minimum atomic E-state index is -1.13. The molecule has 0 saturated heterocycles. The first kappa shape index (κ1) is 24.6. The van der Waals surface area contributed by atoms with Crippen LogP contribution in [0, 0.1) is 5.82 Å². The number of carbonyl (C=O) groups is 2. The number of hydrogen-bond acceptors (Lipinski definition) is 8. The quantitative estimate of drug-likeness (QED) is 0.372. The first-order valence-corrected chi connectivity index (χ1v) is 11.2. The molecule has 0 spiro atoms. The standard InChI is InChI=1S/C25H23FN4O6/c1-2-29-23(32)21(22(27)30(25(29)34)13-15-7-4-3-5-8-15)19(31)14-35-24(33)20-12-18(28-36-20)16-9-6-10-17(26)11-16/h3-11,20H,2,12-14,27H2,1H3. The summed E-state index contributed by atoms with van der Waals surface area (Å²) >= 11 is 0. The maximum absolute atomic E-state index is 13.5. The number of Topliss-reactive ketones (excluding diaryl/α,β-unsaturated/α-hetero) is 1. The SMILES string of the molecule is CCn1c(=O)c(C(=O)COC(=O)C2CC(c3cccc(F)c3)=NO2)c(N)n(Cc2ccccc2)c1=O. The van der Waals surface area contributed by atoms with Crippen LogP contribution in [0.1, 0.15) is 34.8 Å². The zero-order valence-electron chi connectivity index (χ0n) is 19.3. The fourth-order valence-corrected chi connectivity index (χ4v) is 3.82. The minimum absolute atomic E-state index is 0.0168. The number of halogens is 1. The van der Waals surface area contributed by atoms with Crippen molar-refractivity contribution in [3.05, 3.63) is 97.9 Å². The second-order valence-electron chi connectivity index (χ2n) is 8.04. The lowest BCUT2D eigenvalue weighted by molar-refractivity contribution is -0.154. The van der Waals surface area contributed by atoms with E-state index in [9.17, 15) is 23.6 Å². The van der Waals surface area contributed by atoms with Crippen molar-refractivity contribution in [1.82, 2.24) is 9.13 Å². The van der Waals surface area contributed by atoms with Gasteiger partial charge in [-0.25, -0.2) is 14.0 Å². The zero-order valence-corrected chi connectivity index (χ0v) is 19.3. The van der Waals surface area contributed by atoms with Crippen LogP contribution in [-0.4, -0.2) is 39.3 Å². The van der Waals surface area contributed by atoms with Crippen LogP contribution in [0.2, 0.25) is 0 Å². The molecule has 2 heterocycles. The number of nitrogens with zero attached hydrogens (tertiary/aromatic N) is 3. The maximum Gasteiger partial charge on any atom is 0.351 e. The number of rotatable bonds is 8. The molecule has 10 nitrogen and oxygen atoms in total. The number of ketones is 1. The molecule has 4 rings (SSSR count). The van der Waals surface area contributed by atoms with Crippen molar-refractivity contribution < 1.29 is 23.6 Å². The smallest absolute Gasteiger partial charge is 0.351 e. The largest absolute Gasteiger partial charge is 0.454 e. The van der Waals surface area contributed by atoms with E-state index in [4.69, 9.17) is 15.3 Å². The summed E-state index contributed by atoms with van der Waals surface area (Å²) in [6.45, 7) is 0.860. The number of benzene rings is 2. The molecule has 1 aliphatic heterocycles. The van der Waals surface area contributed by atoms with Crippen LogP contribution in [0.4, 0.5) is 10.2 Å². The molecule has 2 N–H and O–H groups in total. The molecule has 1 atom stereocenters. The van der Waals surface area contributed by atoms with Crippen molar-refractivity contribution >= 4 is 23.3 Å². The summed E-state index contributed by atoms with van der Waals surface area (Å²) < 4.78 is 20.6. The molecule has 1 aromatic heterocycles. The molecular formula is C25H23FN4O6. The monoisotopic (exact) mass is 494 g/mol. The van der Waals surface area contributed by atoms with Crippen LogP contribution in [0.5, 0.6) is 0 Å². The highest BCUT2D eigenvalue weighted by Gasteiger charge is 2.32. The van der Waals surface area contributed by atoms with E-state index in [1.807, 2.05) is 6.07 Å². The van der Waals surface area contributed by atoms with Crippen molar-refractivity contribution in [2.45, 2.75) is 32.5 Å². The Kier molecular flexibility index (Phi) is 7.09. The van der Waals surface area contributed by atoms with Gasteiger partial charge in [-0.15, -0.1) is 0 Å². The Hall–Kier alpha value is -4.54. The molecule has 0 saturated carbocycles. The molecule has 0 fully saturated rings. The molecule has 3 aromatic rings. The van der Waals surface area contributed by atoms with E-state index in [2.05, 4.69) is 5.16 Å². The van der Waals surface area contributed by atoms with Gasteiger partial charge in [-0.2, -0.15) is 0 Å². The molecule has 2 aromatic carbocycles. The molecular weight excluding hydrogens is 471 g/mol. The van der Waals surface area contributed by atoms with Gasteiger partial charge < -0.3 is 15.3 Å². The van der Waals surface area contributed by atoms with Crippen LogP contribution in [-0.2, 0) is 27.5 Å². The van der Waals surface area contributed by atoms with Crippen LogP contribution in [0.3, 0.4) is 0 Å². The molecule has 1 aliphatic rings. The highest BCUT2D eigenvalue weighted by Crippen LogP contribution is 2.19. The Balaban J connectivity index is 1.49. The minimum Gasteiger partial charge on any atom is -0.454 e. The normalized spacial score (nSPS) is 14.7. The summed E-state index contributed by atoms with van der Waals surface area (Å²) in [6.07, 6.45) is -1.11. The molecule has 0 aliphatic carbocycles. The number of oxime groups is 1. The fraction of sp³-hybridized carbons (Fsp3) is 0.240. The Labute approximate surface area is 204 Å². The predicted molar refractivity (Wildman–Crippen MR) is 128 cm³/mol. The molecule has 11 heteroatoms. The Morgan fingerprint density at radius 1 is 1.14 bits per heavy atom. The second kappa shape index (κ2) is 10.4. The van der Waals surface area contributed by atoms with E-state index in [1.165, 1.54) is 18.2 Å². The van der Waals surface area contributed by atoms with E-state index in [-0.39, 0.29) is 25.3 Å². The molecule has 186 valence electrons. The van der Waals surface area contributed by atoms with Crippen LogP contribution < -0.4 is 17.0 Å². The Bertz CT molecular complexity index is 1460. The van der Waals surface area contributed by atoms with Gasteiger partial charge in [0, 0.05) is 18.5 Å². The molecule has 0 bridgehead atoms. The van der Waals surface area contributed by atoms with Gasteiger partial charge in [0.15, 0.2) is 6.61 Å². The average Bonchev–Trinajstić information content (AvgIpc) is 3.37. The van der Waals surface area contributed by atoms with Gasteiger partial charge in [-0.05, 0) is 24.6 Å². The van der Waals surface area contributed by atoms with Gasteiger partial charge in [-0.1, -0.05) is 47.6 Å². The number of nitrogen functional groups attached to an aromatic ring is 1. The van der Waals surface area contributed by atoms with Crippen molar-refractivity contribution in [1.29, 1.82) is 0 Å². The van der Waals surface area contributed by atoms with E-state index in [0.717, 1.165) is 14.7 Å². The number of ether oxygens (including phenoxy) is 1. The zero-order chi connectivity index (χ0) is 25.8. The molecule has 0 radical (unpaired) electrons. The summed E-state index contributed by atoms with van der Waals surface area (Å²) in [4.78, 5) is 56.1. The fourth-order valence-electron chi connectivity index (χ4n) is 3.82. The van der Waals surface area contributed by atoms with E-state index < -0.39 is 47.1 Å². The first-order valence-electron chi connectivity index (χ1n) is 11.2. The van der Waals surface area contributed by atoms with E-state index in [0.29, 0.717) is 11.3 Å². The van der Waals surface area contributed by atoms with Gasteiger partial charge in [0.1, 0.15) is 17.2 Å². The van der Waals surface area contributed by atoms with Crippen molar-refractivity contribution in [3.8, 4) is 0 Å². The number of aromatic nitrogens is 2. The third kappa shape index (κ3) is 4.95. The lowest BCUT2D eigenvalue weighted by Gasteiger charge is -2.16. The van der Waals surface area contributed by atoms with Crippen molar-refractivity contribution in [2.24, 2.45) is 5.16 Å². The summed E-state index contributed by atoms with van der Waals surface area (Å²) in [6, 6.07) is 14.6. The summed E-state index contributed by atoms with van der Waals surface area (Å²) in [5, 5.41) is 3.80. The van der Waals surface area contributed by atoms with Gasteiger partial charge in [0.2, 0.25) is 11.9 Å². The van der Waals surface area contributed by atoms with Crippen molar-refractivity contribution in [3.63, 3.8) is 0 Å². The molecule has 36 heavy (non-hydrogen) atoms. The van der Waals surface area contributed by atoms with Gasteiger partial charge in [0.05, 0.1) is 12.3 Å². The lowest BCUT2D eigenvalue weighted by atomic mass is 10.1. The number of nitrogens with two attached hydrogens (primary N) is 1. The average molecular weight is 494 g/mol. The van der Waals surface area contributed by atoms with Gasteiger partial charge >= 0.3 is 11.7 Å². The summed E-state index contributed by atoms with van der Waals surface area (Å²) in [5.41, 5.74) is 5.69. The Morgan fingerprint density at radius 2 is 1.89 bits per heavy atom. The van der Waals surface area contributed by atoms with Crippen LogP contribution in [0.15, 0.2) is 69.3 Å². The maximum atomic E-state index is 13.5. The number of hydrogen-bond donors (Lipinski definition) is 1. The Morgan fingerprint density at radius 3 is 2.58 bits per heavy atom. The molecule has 1 unspecified atom stereocenters. The third-order valence-corrected chi connectivity index (χ3v) is 5.68. The third-order valence-electron chi connectivity index (χ3n) is 5.68. The summed E-state index contributed by atoms with van der Waals surface area (Å²) in [5.74, 6) is -2.52. The van der Waals surface area contributed by atoms with Gasteiger partial charge in [-0.3, -0.25) is 18.7 Å². The first-order chi connectivity index (χ1) is 17.3. The predicted octanol–water partition coefficient (Wildman–Crippen LogP) is 1.72. The van der Waals surface area contributed by atoms with Gasteiger partial charge in [0.25, 0.3) is 5.56 Å². The topological polar surface area (TPSA) is 135 Å². The van der Waals surface area contributed by atoms with E-state index >= 15 is 0 Å². The molecule has 0 amide bonds. The summed E-state index contributed by atoms with van der Waals surface area (Å²) in [7, 11) is 0. The lowest BCUT2D eigenvalue weighted by Crippen LogP contribution is -2.44. The number of anilines is 1.